The van der Waals surface area contributed by atoms with Gasteiger partial charge in [-0.3, -0.25) is 0 Å². The van der Waals surface area contributed by atoms with Crippen molar-refractivity contribution < 1.29 is 0 Å². The first-order chi connectivity index (χ1) is 10.5. The second-order valence-electron chi connectivity index (χ2n) is 7.82. The van der Waals surface area contributed by atoms with E-state index in [9.17, 15) is 0 Å². The molecule has 3 rings (SSSR count). The van der Waals surface area contributed by atoms with Crippen LogP contribution in [0.4, 0.5) is 5.69 Å². The minimum Gasteiger partial charge on any atom is -0.380 e. The zero-order valence-corrected chi connectivity index (χ0v) is 15.4. The molecule has 3 heteroatoms. The van der Waals surface area contributed by atoms with Crippen molar-refractivity contribution in [3.63, 3.8) is 0 Å². The predicted octanol–water partition coefficient (Wildman–Crippen LogP) is 4.53. The van der Waals surface area contributed by atoms with Crippen LogP contribution in [0.2, 0.25) is 19.6 Å². The average Bonchev–Trinajstić information content (AvgIpc) is 2.86. The Kier molecular flexibility index (Phi) is 4.46. The van der Waals surface area contributed by atoms with Gasteiger partial charge in [-0.25, -0.2) is 0 Å². The number of hydrogen-bond donors (Lipinski definition) is 2. The maximum atomic E-state index is 3.80. The van der Waals surface area contributed by atoms with Crippen molar-refractivity contribution in [2.24, 2.45) is 0 Å². The molecular weight excluding hydrogens is 284 g/mol. The number of rotatable bonds is 4. The van der Waals surface area contributed by atoms with E-state index in [1.807, 2.05) is 0 Å². The van der Waals surface area contributed by atoms with Gasteiger partial charge in [0.25, 0.3) is 0 Å². The zero-order chi connectivity index (χ0) is 15.7. The van der Waals surface area contributed by atoms with Gasteiger partial charge in [-0.1, -0.05) is 49.1 Å². The molecule has 0 saturated carbocycles. The van der Waals surface area contributed by atoms with Crippen LogP contribution in [0, 0.1) is 0 Å². The van der Waals surface area contributed by atoms with Crippen molar-refractivity contribution in [1.29, 1.82) is 0 Å². The molecule has 2 aliphatic rings. The smallest absolute Gasteiger partial charge is 0.0720 e. The monoisotopic (exact) mass is 314 g/mol. The molecule has 0 spiro atoms. The molecule has 2 aliphatic heterocycles. The van der Waals surface area contributed by atoms with Crippen molar-refractivity contribution >= 4 is 13.8 Å². The van der Waals surface area contributed by atoms with Crippen molar-refractivity contribution in [3.8, 4) is 0 Å². The maximum Gasteiger partial charge on any atom is 0.0720 e. The summed E-state index contributed by atoms with van der Waals surface area (Å²) in [6, 6.07) is 10.1. The first-order valence-electron chi connectivity index (χ1n) is 8.75. The second kappa shape index (κ2) is 6.21. The van der Waals surface area contributed by atoms with Gasteiger partial charge in [0.15, 0.2) is 0 Å². The minimum absolute atomic E-state index is 0.575. The molecule has 2 nitrogen and oxygen atoms in total. The van der Waals surface area contributed by atoms with Gasteiger partial charge in [-0.2, -0.15) is 0 Å². The highest BCUT2D eigenvalue weighted by Crippen LogP contribution is 2.41. The molecule has 1 aromatic carbocycles. The fraction of sp³-hybridized carbons (Fsp3) is 0.579. The molecule has 3 unspecified atom stereocenters. The highest BCUT2D eigenvalue weighted by Gasteiger charge is 2.39. The quantitative estimate of drug-likeness (QED) is 0.798. The number of anilines is 1. The molecule has 2 N–H and O–H groups in total. The van der Waals surface area contributed by atoms with Crippen LogP contribution < -0.4 is 10.6 Å². The van der Waals surface area contributed by atoms with Crippen LogP contribution >= 0.6 is 0 Å². The number of fused-ring (bicyclic) bond motifs is 3. The molecule has 1 saturated heterocycles. The van der Waals surface area contributed by atoms with Gasteiger partial charge in [0, 0.05) is 23.7 Å². The lowest BCUT2D eigenvalue weighted by molar-refractivity contribution is 0.328. The van der Waals surface area contributed by atoms with E-state index >= 15 is 0 Å². The lowest BCUT2D eigenvalue weighted by Gasteiger charge is -2.36. The Balaban J connectivity index is 1.69. The largest absolute Gasteiger partial charge is 0.380 e. The Hall–Kier alpha value is -1.06. The SMILES string of the molecule is C/C=C(/CCC1NCCC2c3ccccc3NC12)[Si](C)(C)C. The van der Waals surface area contributed by atoms with Gasteiger partial charge < -0.3 is 10.6 Å². The molecule has 2 heterocycles. The first-order valence-corrected chi connectivity index (χ1v) is 12.2. The van der Waals surface area contributed by atoms with Gasteiger partial charge in [-0.05, 0) is 44.4 Å². The summed E-state index contributed by atoms with van der Waals surface area (Å²) in [5.41, 5.74) is 2.90. The Morgan fingerprint density at radius 3 is 2.77 bits per heavy atom. The molecule has 0 radical (unpaired) electrons. The van der Waals surface area contributed by atoms with Crippen molar-refractivity contribution in [1.82, 2.24) is 5.32 Å². The molecule has 1 aromatic rings. The predicted molar refractivity (Wildman–Crippen MR) is 99.3 cm³/mol. The van der Waals surface area contributed by atoms with Crippen molar-refractivity contribution in [2.45, 2.75) is 63.8 Å². The number of allylic oxidation sites excluding steroid dienone is 2. The zero-order valence-electron chi connectivity index (χ0n) is 14.4. The molecule has 0 bridgehead atoms. The maximum absolute atomic E-state index is 3.80. The average molecular weight is 315 g/mol. The van der Waals surface area contributed by atoms with E-state index in [0.717, 1.165) is 6.54 Å². The lowest BCUT2D eigenvalue weighted by atomic mass is 9.83. The molecule has 1 fully saturated rings. The molecule has 22 heavy (non-hydrogen) atoms. The van der Waals surface area contributed by atoms with Crippen LogP contribution in [0.1, 0.15) is 37.7 Å². The van der Waals surface area contributed by atoms with E-state index in [1.54, 1.807) is 5.20 Å². The van der Waals surface area contributed by atoms with E-state index in [0.29, 0.717) is 18.0 Å². The molecular formula is C19H30N2Si. The normalized spacial score (nSPS) is 28.0. The van der Waals surface area contributed by atoms with Gasteiger partial charge in [-0.15, -0.1) is 0 Å². The van der Waals surface area contributed by atoms with Gasteiger partial charge in [0.1, 0.15) is 0 Å². The van der Waals surface area contributed by atoms with Crippen molar-refractivity contribution in [3.05, 3.63) is 41.1 Å². The fourth-order valence-electron chi connectivity index (χ4n) is 4.24. The third-order valence-electron chi connectivity index (χ3n) is 5.45. The number of hydrogen-bond acceptors (Lipinski definition) is 2. The van der Waals surface area contributed by atoms with Crippen LogP contribution in [-0.2, 0) is 0 Å². The second-order valence-corrected chi connectivity index (χ2v) is 13.0. The number of benzene rings is 1. The molecule has 3 atom stereocenters. The first kappa shape index (κ1) is 15.8. The van der Waals surface area contributed by atoms with Crippen LogP contribution in [0.3, 0.4) is 0 Å². The Morgan fingerprint density at radius 2 is 2.05 bits per heavy atom. The standard InChI is InChI=1S/C19H30N2Si/c1-5-14(22(2,3)4)10-11-18-19-16(12-13-20-18)15-8-6-7-9-17(15)21-19/h5-9,16,18-21H,10-13H2,1-4H3/b14-5-. The Morgan fingerprint density at radius 1 is 1.27 bits per heavy atom. The summed E-state index contributed by atoms with van der Waals surface area (Å²) in [7, 11) is -1.16. The number of nitrogens with one attached hydrogen (secondary N) is 2. The van der Waals surface area contributed by atoms with E-state index < -0.39 is 8.07 Å². The molecule has 0 aromatic heterocycles. The number of para-hydroxylation sites is 1. The van der Waals surface area contributed by atoms with E-state index in [-0.39, 0.29) is 0 Å². The van der Waals surface area contributed by atoms with Crippen LogP contribution in [0.5, 0.6) is 0 Å². The van der Waals surface area contributed by atoms with E-state index in [2.05, 4.69) is 67.5 Å². The summed E-state index contributed by atoms with van der Waals surface area (Å²) in [6.07, 6.45) is 6.15. The highest BCUT2D eigenvalue weighted by atomic mass is 28.3. The fourth-order valence-corrected chi connectivity index (χ4v) is 6.00. The topological polar surface area (TPSA) is 24.1 Å². The minimum atomic E-state index is -1.16. The van der Waals surface area contributed by atoms with Gasteiger partial charge in [0.2, 0.25) is 0 Å². The van der Waals surface area contributed by atoms with Gasteiger partial charge >= 0.3 is 0 Å². The summed E-state index contributed by atoms with van der Waals surface area (Å²) in [5, 5.41) is 9.29. The number of piperidine rings is 1. The molecule has 0 amide bonds. The summed E-state index contributed by atoms with van der Waals surface area (Å²) < 4.78 is 0. The summed E-state index contributed by atoms with van der Waals surface area (Å²) in [6.45, 7) is 10.8. The Bertz CT molecular complexity index is 559. The van der Waals surface area contributed by atoms with E-state index in [4.69, 9.17) is 0 Å². The van der Waals surface area contributed by atoms with Crippen LogP contribution in [0.25, 0.3) is 0 Å². The summed E-state index contributed by atoms with van der Waals surface area (Å²) in [5.74, 6) is 0.698. The lowest BCUT2D eigenvalue weighted by Crippen LogP contribution is -2.50. The molecule has 120 valence electrons. The third-order valence-corrected chi connectivity index (χ3v) is 7.91. The molecule has 0 aliphatic carbocycles. The highest BCUT2D eigenvalue weighted by molar-refractivity contribution is 6.83. The Labute approximate surface area is 136 Å². The van der Waals surface area contributed by atoms with Gasteiger partial charge in [0.05, 0.1) is 8.07 Å². The van der Waals surface area contributed by atoms with Crippen LogP contribution in [0.15, 0.2) is 35.5 Å². The third kappa shape index (κ3) is 3.02. The van der Waals surface area contributed by atoms with E-state index in [1.165, 1.54) is 30.5 Å². The summed E-state index contributed by atoms with van der Waals surface area (Å²) in [4.78, 5) is 0. The van der Waals surface area contributed by atoms with Crippen molar-refractivity contribution in [2.75, 3.05) is 11.9 Å². The van der Waals surface area contributed by atoms with Crippen LogP contribution in [-0.4, -0.2) is 26.7 Å². The summed E-state index contributed by atoms with van der Waals surface area (Å²) >= 11 is 0.